The number of carbonyl (C=O) groups excluding carboxylic acids is 1. The molecular formula is C8H12NO. The van der Waals surface area contributed by atoms with Crippen molar-refractivity contribution in [2.24, 2.45) is 5.92 Å². The minimum Gasteiger partial charge on any atom is -0.293 e. The van der Waals surface area contributed by atoms with E-state index in [0.717, 1.165) is 25.4 Å². The number of rotatable bonds is 1. The normalized spacial score (nSPS) is 45.4. The second-order valence-corrected chi connectivity index (χ2v) is 3.36. The molecule has 0 spiro atoms. The summed E-state index contributed by atoms with van der Waals surface area (Å²) in [6.45, 7) is 2.28. The SMILES string of the molecule is O=[C]C1CCC2CCN1C2. The first-order chi connectivity index (χ1) is 4.90. The van der Waals surface area contributed by atoms with Crippen LogP contribution in [0.1, 0.15) is 19.3 Å². The van der Waals surface area contributed by atoms with Gasteiger partial charge in [-0.3, -0.25) is 9.69 Å². The monoisotopic (exact) mass is 138 g/mol. The summed E-state index contributed by atoms with van der Waals surface area (Å²) >= 11 is 0. The van der Waals surface area contributed by atoms with Crippen LogP contribution in [-0.4, -0.2) is 30.3 Å². The number of piperidine rings is 1. The van der Waals surface area contributed by atoms with Gasteiger partial charge in [-0.1, -0.05) is 0 Å². The molecule has 0 aromatic heterocycles. The predicted octanol–water partition coefficient (Wildman–Crippen LogP) is 0.580. The summed E-state index contributed by atoms with van der Waals surface area (Å²) in [5, 5.41) is 0. The molecule has 1 radical (unpaired) electrons. The third-order valence-corrected chi connectivity index (χ3v) is 2.74. The summed E-state index contributed by atoms with van der Waals surface area (Å²) in [6, 6.07) is 0.138. The molecule has 2 aliphatic heterocycles. The maximum atomic E-state index is 10.4. The second-order valence-electron chi connectivity index (χ2n) is 3.36. The lowest BCUT2D eigenvalue weighted by Gasteiger charge is -2.27. The van der Waals surface area contributed by atoms with E-state index < -0.39 is 0 Å². The van der Waals surface area contributed by atoms with Crippen molar-refractivity contribution in [2.45, 2.75) is 25.3 Å². The van der Waals surface area contributed by atoms with Crippen LogP contribution in [0.15, 0.2) is 0 Å². The van der Waals surface area contributed by atoms with Gasteiger partial charge in [-0.25, -0.2) is 0 Å². The fourth-order valence-corrected chi connectivity index (χ4v) is 2.09. The van der Waals surface area contributed by atoms with Gasteiger partial charge in [-0.05, 0) is 31.7 Å². The van der Waals surface area contributed by atoms with Gasteiger partial charge in [-0.2, -0.15) is 0 Å². The average Bonchev–Trinajstić information content (AvgIpc) is 2.34. The van der Waals surface area contributed by atoms with Crippen molar-refractivity contribution < 1.29 is 4.79 Å². The molecule has 2 rings (SSSR count). The van der Waals surface area contributed by atoms with E-state index in [1.54, 1.807) is 0 Å². The van der Waals surface area contributed by atoms with Gasteiger partial charge in [-0.15, -0.1) is 0 Å². The highest BCUT2D eigenvalue weighted by atomic mass is 16.1. The topological polar surface area (TPSA) is 20.3 Å². The zero-order valence-electron chi connectivity index (χ0n) is 6.05. The molecule has 3 unspecified atom stereocenters. The van der Waals surface area contributed by atoms with Crippen molar-refractivity contribution in [1.82, 2.24) is 4.90 Å². The van der Waals surface area contributed by atoms with E-state index in [-0.39, 0.29) is 6.04 Å². The molecule has 0 aromatic rings. The molecule has 2 nitrogen and oxygen atoms in total. The molecule has 3 atom stereocenters. The highest BCUT2D eigenvalue weighted by Gasteiger charge is 2.33. The molecule has 2 heteroatoms. The minimum absolute atomic E-state index is 0.138. The van der Waals surface area contributed by atoms with Crippen molar-refractivity contribution >= 4 is 6.29 Å². The van der Waals surface area contributed by atoms with Gasteiger partial charge in [0.25, 0.3) is 0 Å². The van der Waals surface area contributed by atoms with Crippen LogP contribution in [0.3, 0.4) is 0 Å². The Morgan fingerprint density at radius 3 is 3.00 bits per heavy atom. The van der Waals surface area contributed by atoms with Crippen LogP contribution in [0.25, 0.3) is 0 Å². The van der Waals surface area contributed by atoms with Crippen LogP contribution < -0.4 is 0 Å². The van der Waals surface area contributed by atoms with E-state index in [4.69, 9.17) is 0 Å². The van der Waals surface area contributed by atoms with E-state index in [9.17, 15) is 4.79 Å². The highest BCUT2D eigenvalue weighted by molar-refractivity contribution is 5.58. The van der Waals surface area contributed by atoms with Crippen LogP contribution in [-0.2, 0) is 4.79 Å². The molecule has 0 N–H and O–H groups in total. The standard InChI is InChI=1S/C8H12NO/c10-6-8-2-1-7-3-4-9(8)5-7/h7-8H,1-5H2. The van der Waals surface area contributed by atoms with Gasteiger partial charge in [0.2, 0.25) is 6.29 Å². The van der Waals surface area contributed by atoms with Crippen molar-refractivity contribution in [2.75, 3.05) is 13.1 Å². The van der Waals surface area contributed by atoms with Crippen LogP contribution in [0, 0.1) is 5.92 Å². The maximum absolute atomic E-state index is 10.4. The summed E-state index contributed by atoms with van der Waals surface area (Å²) in [4.78, 5) is 12.6. The first-order valence-corrected chi connectivity index (χ1v) is 4.02. The molecular weight excluding hydrogens is 126 g/mol. The minimum atomic E-state index is 0.138. The van der Waals surface area contributed by atoms with Gasteiger partial charge in [0, 0.05) is 6.54 Å². The third-order valence-electron chi connectivity index (χ3n) is 2.74. The van der Waals surface area contributed by atoms with Gasteiger partial charge in [0.15, 0.2) is 0 Å². The third kappa shape index (κ3) is 0.870. The average molecular weight is 138 g/mol. The van der Waals surface area contributed by atoms with Crippen LogP contribution in [0.4, 0.5) is 0 Å². The van der Waals surface area contributed by atoms with Crippen LogP contribution in [0.5, 0.6) is 0 Å². The molecule has 2 saturated heterocycles. The van der Waals surface area contributed by atoms with Crippen molar-refractivity contribution in [1.29, 1.82) is 0 Å². The largest absolute Gasteiger partial charge is 0.293 e. The molecule has 0 aliphatic carbocycles. The fourth-order valence-electron chi connectivity index (χ4n) is 2.09. The molecule has 2 bridgehead atoms. The molecule has 10 heavy (non-hydrogen) atoms. The van der Waals surface area contributed by atoms with E-state index in [2.05, 4.69) is 11.2 Å². The number of hydrogen-bond donors (Lipinski definition) is 0. The molecule has 0 aromatic carbocycles. The van der Waals surface area contributed by atoms with Crippen LogP contribution in [0.2, 0.25) is 0 Å². The quantitative estimate of drug-likeness (QED) is 0.528. The summed E-state index contributed by atoms with van der Waals surface area (Å²) in [7, 11) is 0. The van der Waals surface area contributed by atoms with Crippen LogP contribution >= 0.6 is 0 Å². The summed E-state index contributed by atoms with van der Waals surface area (Å²) in [5.74, 6) is 0.893. The summed E-state index contributed by atoms with van der Waals surface area (Å²) in [6.07, 6.45) is 5.71. The Kier molecular flexibility index (Phi) is 1.49. The lowest BCUT2D eigenvalue weighted by atomic mass is 9.97. The Balaban J connectivity index is 2.06. The van der Waals surface area contributed by atoms with E-state index in [1.165, 1.54) is 12.8 Å². The fraction of sp³-hybridized carbons (Fsp3) is 0.875. The Labute approximate surface area is 61.2 Å². The summed E-state index contributed by atoms with van der Waals surface area (Å²) in [5.41, 5.74) is 0. The zero-order valence-corrected chi connectivity index (χ0v) is 6.05. The molecule has 2 heterocycles. The summed E-state index contributed by atoms with van der Waals surface area (Å²) < 4.78 is 0. The molecule has 55 valence electrons. The van der Waals surface area contributed by atoms with E-state index in [0.29, 0.717) is 0 Å². The Hall–Kier alpha value is -0.370. The highest BCUT2D eigenvalue weighted by Crippen LogP contribution is 2.29. The number of hydrogen-bond acceptors (Lipinski definition) is 2. The maximum Gasteiger partial charge on any atom is 0.217 e. The second kappa shape index (κ2) is 2.35. The Morgan fingerprint density at radius 2 is 2.20 bits per heavy atom. The smallest absolute Gasteiger partial charge is 0.217 e. The molecule has 0 saturated carbocycles. The van der Waals surface area contributed by atoms with Crippen molar-refractivity contribution in [3.05, 3.63) is 0 Å². The van der Waals surface area contributed by atoms with Crippen molar-refractivity contribution in [3.63, 3.8) is 0 Å². The van der Waals surface area contributed by atoms with Crippen molar-refractivity contribution in [3.8, 4) is 0 Å². The van der Waals surface area contributed by atoms with E-state index in [1.807, 2.05) is 0 Å². The van der Waals surface area contributed by atoms with Gasteiger partial charge < -0.3 is 0 Å². The van der Waals surface area contributed by atoms with E-state index >= 15 is 0 Å². The first kappa shape index (κ1) is 6.35. The van der Waals surface area contributed by atoms with Gasteiger partial charge in [0.05, 0.1) is 6.04 Å². The first-order valence-electron chi connectivity index (χ1n) is 4.02. The lowest BCUT2D eigenvalue weighted by molar-refractivity contribution is 0.225. The number of fused-ring (bicyclic) bond motifs is 2. The Bertz CT molecular complexity index is 146. The van der Waals surface area contributed by atoms with Gasteiger partial charge >= 0.3 is 0 Å². The molecule has 2 aliphatic rings. The van der Waals surface area contributed by atoms with Gasteiger partial charge in [0.1, 0.15) is 0 Å². The number of nitrogens with zero attached hydrogens (tertiary/aromatic N) is 1. The molecule has 2 fully saturated rings. The predicted molar refractivity (Wildman–Crippen MR) is 38.4 cm³/mol. The lowest BCUT2D eigenvalue weighted by Crippen LogP contribution is -2.37. The molecule has 0 amide bonds. The zero-order chi connectivity index (χ0) is 6.97. The Morgan fingerprint density at radius 1 is 1.30 bits per heavy atom.